The van der Waals surface area contributed by atoms with Crippen molar-refractivity contribution in [2.24, 2.45) is 0 Å². The molecule has 0 spiro atoms. The Kier molecular flexibility index (Phi) is 4.66. The number of nitrogens with zero attached hydrogens (tertiary/aromatic N) is 2. The van der Waals surface area contributed by atoms with Gasteiger partial charge in [0.15, 0.2) is 0 Å². The maximum Gasteiger partial charge on any atom is 0.0897 e. The second-order valence-corrected chi connectivity index (χ2v) is 6.83. The van der Waals surface area contributed by atoms with Crippen LogP contribution < -0.4 is 5.32 Å². The summed E-state index contributed by atoms with van der Waals surface area (Å²) in [5, 5.41) is 7.03. The van der Waals surface area contributed by atoms with Crippen molar-refractivity contribution in [3.63, 3.8) is 0 Å². The van der Waals surface area contributed by atoms with E-state index >= 15 is 0 Å². The van der Waals surface area contributed by atoms with Gasteiger partial charge in [-0.05, 0) is 44.4 Å². The standard InChI is InChI=1S/C17H23N3S/c1-3-18-16(10-14-11-21-12(2)20-14)15-8-4-6-13-7-5-9-19-17(13)15/h5,7,9,11,15-16,18H,3-4,6,8,10H2,1-2H3. The SMILES string of the molecule is CCNC(Cc1csc(C)n1)C1CCCc2cccnc21. The first-order valence-corrected chi connectivity index (χ1v) is 8.74. The minimum atomic E-state index is 0.436. The molecule has 1 aliphatic carbocycles. The second kappa shape index (κ2) is 6.67. The van der Waals surface area contributed by atoms with Gasteiger partial charge in [0.25, 0.3) is 0 Å². The fourth-order valence-electron chi connectivity index (χ4n) is 3.38. The lowest BCUT2D eigenvalue weighted by molar-refractivity contribution is 0.386. The molecule has 0 radical (unpaired) electrons. The van der Waals surface area contributed by atoms with Crippen molar-refractivity contribution in [1.82, 2.24) is 15.3 Å². The van der Waals surface area contributed by atoms with Crippen molar-refractivity contribution in [2.45, 2.75) is 51.5 Å². The van der Waals surface area contributed by atoms with Crippen LogP contribution in [0.4, 0.5) is 0 Å². The zero-order valence-electron chi connectivity index (χ0n) is 12.8. The Morgan fingerprint density at radius 3 is 3.14 bits per heavy atom. The van der Waals surface area contributed by atoms with E-state index in [1.807, 2.05) is 6.20 Å². The van der Waals surface area contributed by atoms with Gasteiger partial charge in [0.1, 0.15) is 0 Å². The van der Waals surface area contributed by atoms with Gasteiger partial charge in [0.05, 0.1) is 10.7 Å². The van der Waals surface area contributed by atoms with E-state index in [0.29, 0.717) is 12.0 Å². The summed E-state index contributed by atoms with van der Waals surface area (Å²) in [6.07, 6.45) is 6.60. The van der Waals surface area contributed by atoms with Crippen molar-refractivity contribution in [3.05, 3.63) is 45.7 Å². The van der Waals surface area contributed by atoms with Crippen molar-refractivity contribution < 1.29 is 0 Å². The van der Waals surface area contributed by atoms with E-state index in [4.69, 9.17) is 4.98 Å². The molecule has 0 saturated heterocycles. The number of nitrogens with one attached hydrogen (secondary N) is 1. The Hall–Kier alpha value is -1.26. The molecule has 2 aromatic heterocycles. The highest BCUT2D eigenvalue weighted by atomic mass is 32.1. The molecule has 0 amide bonds. The quantitative estimate of drug-likeness (QED) is 0.918. The molecule has 2 unspecified atom stereocenters. The number of rotatable bonds is 5. The average molecular weight is 301 g/mol. The summed E-state index contributed by atoms with van der Waals surface area (Å²) in [5.41, 5.74) is 3.96. The molecule has 2 atom stereocenters. The van der Waals surface area contributed by atoms with Crippen molar-refractivity contribution in [1.29, 1.82) is 0 Å². The molecule has 0 bridgehead atoms. The van der Waals surface area contributed by atoms with Crippen molar-refractivity contribution in [2.75, 3.05) is 6.54 Å². The molecule has 21 heavy (non-hydrogen) atoms. The van der Waals surface area contributed by atoms with Crippen LogP contribution in [0.5, 0.6) is 0 Å². The van der Waals surface area contributed by atoms with Gasteiger partial charge < -0.3 is 5.32 Å². The highest BCUT2D eigenvalue weighted by Crippen LogP contribution is 2.33. The fourth-order valence-corrected chi connectivity index (χ4v) is 4.01. The van der Waals surface area contributed by atoms with Crippen LogP contribution in [-0.2, 0) is 12.8 Å². The first-order valence-electron chi connectivity index (χ1n) is 7.86. The number of thiazole rings is 1. The average Bonchev–Trinajstić information content (AvgIpc) is 2.91. The van der Waals surface area contributed by atoms with Crippen molar-refractivity contribution >= 4 is 11.3 Å². The number of pyridine rings is 1. The highest BCUT2D eigenvalue weighted by molar-refractivity contribution is 7.09. The van der Waals surface area contributed by atoms with Gasteiger partial charge in [-0.25, -0.2) is 4.98 Å². The number of aryl methyl sites for hydroxylation is 2. The van der Waals surface area contributed by atoms with Gasteiger partial charge in [-0.2, -0.15) is 0 Å². The van der Waals surface area contributed by atoms with Crippen molar-refractivity contribution in [3.8, 4) is 0 Å². The summed E-state index contributed by atoms with van der Waals surface area (Å²) < 4.78 is 0. The third-order valence-corrected chi connectivity index (χ3v) is 5.11. The third kappa shape index (κ3) is 3.33. The Morgan fingerprint density at radius 2 is 2.38 bits per heavy atom. The summed E-state index contributed by atoms with van der Waals surface area (Å²) in [7, 11) is 0. The molecule has 0 aliphatic heterocycles. The van der Waals surface area contributed by atoms with Gasteiger partial charge in [0.2, 0.25) is 0 Å². The van der Waals surface area contributed by atoms with E-state index in [2.05, 4.69) is 41.7 Å². The predicted octanol–water partition coefficient (Wildman–Crippen LogP) is 3.49. The van der Waals surface area contributed by atoms with Gasteiger partial charge >= 0.3 is 0 Å². The molecule has 0 saturated carbocycles. The molecular formula is C17H23N3S. The molecule has 0 fully saturated rings. The fraction of sp³-hybridized carbons (Fsp3) is 0.529. The minimum absolute atomic E-state index is 0.436. The van der Waals surface area contributed by atoms with E-state index < -0.39 is 0 Å². The topological polar surface area (TPSA) is 37.8 Å². The van der Waals surface area contributed by atoms with E-state index in [1.165, 1.54) is 36.2 Å². The molecular weight excluding hydrogens is 278 g/mol. The summed E-state index contributed by atoms with van der Waals surface area (Å²) in [5.74, 6) is 0.511. The smallest absolute Gasteiger partial charge is 0.0897 e. The van der Waals surface area contributed by atoms with Crippen LogP contribution in [0.25, 0.3) is 0 Å². The third-order valence-electron chi connectivity index (χ3n) is 4.29. The summed E-state index contributed by atoms with van der Waals surface area (Å²) >= 11 is 1.74. The molecule has 1 aliphatic rings. The lowest BCUT2D eigenvalue weighted by Gasteiger charge is -2.31. The van der Waals surface area contributed by atoms with E-state index in [9.17, 15) is 0 Å². The van der Waals surface area contributed by atoms with Crippen LogP contribution in [0, 0.1) is 6.92 Å². The summed E-state index contributed by atoms with van der Waals surface area (Å²) in [6, 6.07) is 4.74. The minimum Gasteiger partial charge on any atom is -0.313 e. The second-order valence-electron chi connectivity index (χ2n) is 5.77. The summed E-state index contributed by atoms with van der Waals surface area (Å²) in [4.78, 5) is 9.33. The maximum atomic E-state index is 4.69. The van der Waals surface area contributed by atoms with Gasteiger partial charge in [0, 0.05) is 35.7 Å². The molecule has 112 valence electrons. The monoisotopic (exact) mass is 301 g/mol. The van der Waals surface area contributed by atoms with Gasteiger partial charge in [-0.3, -0.25) is 4.98 Å². The highest BCUT2D eigenvalue weighted by Gasteiger charge is 2.29. The lowest BCUT2D eigenvalue weighted by atomic mass is 9.80. The van der Waals surface area contributed by atoms with Crippen LogP contribution >= 0.6 is 11.3 Å². The predicted molar refractivity (Wildman–Crippen MR) is 87.9 cm³/mol. The molecule has 3 rings (SSSR count). The van der Waals surface area contributed by atoms with E-state index in [1.54, 1.807) is 11.3 Å². The number of likely N-dealkylation sites (N-methyl/N-ethyl adjacent to an activating group) is 1. The molecule has 4 heteroatoms. The Bertz CT molecular complexity index is 593. The Labute approximate surface area is 130 Å². The molecule has 0 aromatic carbocycles. The zero-order chi connectivity index (χ0) is 14.7. The van der Waals surface area contributed by atoms with Gasteiger partial charge in [-0.1, -0.05) is 13.0 Å². The summed E-state index contributed by atoms with van der Waals surface area (Å²) in [6.45, 7) is 5.25. The van der Waals surface area contributed by atoms with Crippen LogP contribution in [-0.4, -0.2) is 22.6 Å². The molecule has 2 heterocycles. The first-order chi connectivity index (χ1) is 10.3. The Balaban J connectivity index is 1.84. The van der Waals surface area contributed by atoms with Crippen LogP contribution in [0.1, 0.15) is 47.6 Å². The molecule has 1 N–H and O–H groups in total. The lowest BCUT2D eigenvalue weighted by Crippen LogP contribution is -2.38. The number of hydrogen-bond acceptors (Lipinski definition) is 4. The number of aromatic nitrogens is 2. The Morgan fingerprint density at radius 1 is 1.48 bits per heavy atom. The zero-order valence-corrected chi connectivity index (χ0v) is 13.6. The van der Waals surface area contributed by atoms with Crippen LogP contribution in [0.15, 0.2) is 23.7 Å². The van der Waals surface area contributed by atoms with Gasteiger partial charge in [-0.15, -0.1) is 11.3 Å². The van der Waals surface area contributed by atoms with E-state index in [0.717, 1.165) is 18.0 Å². The number of hydrogen-bond donors (Lipinski definition) is 1. The van der Waals surface area contributed by atoms with Crippen LogP contribution in [0.3, 0.4) is 0 Å². The number of fused-ring (bicyclic) bond motifs is 1. The normalized spacial score (nSPS) is 19.2. The molecule has 3 nitrogen and oxygen atoms in total. The van der Waals surface area contributed by atoms with E-state index in [-0.39, 0.29) is 0 Å². The molecule has 2 aromatic rings. The largest absolute Gasteiger partial charge is 0.313 e. The maximum absolute atomic E-state index is 4.69. The van der Waals surface area contributed by atoms with Crippen LogP contribution in [0.2, 0.25) is 0 Å². The first kappa shape index (κ1) is 14.7.